The molecule has 0 radical (unpaired) electrons. The van der Waals surface area contributed by atoms with Gasteiger partial charge in [0.2, 0.25) is 11.8 Å². The molecule has 3 heterocycles. The van der Waals surface area contributed by atoms with Crippen LogP contribution in [0.5, 0.6) is 11.5 Å². The second-order valence-corrected chi connectivity index (χ2v) is 8.51. The van der Waals surface area contributed by atoms with E-state index in [4.69, 9.17) is 9.47 Å². The maximum Gasteiger partial charge on any atom is 0.228 e. The van der Waals surface area contributed by atoms with Gasteiger partial charge in [0.25, 0.3) is 0 Å². The number of carbonyl (C=O) groups excluding carboxylic acids is 2. The molecule has 4 rings (SSSR count). The van der Waals surface area contributed by atoms with Crippen LogP contribution < -0.4 is 9.47 Å². The number of methoxy groups -OCH3 is 2. The molecule has 2 atom stereocenters. The van der Waals surface area contributed by atoms with E-state index >= 15 is 0 Å². The fourth-order valence-corrected chi connectivity index (χ4v) is 4.80. The number of pyridine rings is 1. The Morgan fingerprint density at radius 2 is 2.00 bits per heavy atom. The molecule has 2 aromatic rings. The lowest BCUT2D eigenvalue weighted by molar-refractivity contribution is -0.139. The van der Waals surface area contributed by atoms with E-state index in [1.54, 1.807) is 20.4 Å². The van der Waals surface area contributed by atoms with Crippen LogP contribution in [0.2, 0.25) is 0 Å². The van der Waals surface area contributed by atoms with Gasteiger partial charge in [0.15, 0.2) is 11.5 Å². The molecule has 170 valence electrons. The van der Waals surface area contributed by atoms with Crippen molar-refractivity contribution in [3.63, 3.8) is 0 Å². The van der Waals surface area contributed by atoms with Gasteiger partial charge in [-0.25, -0.2) is 0 Å². The van der Waals surface area contributed by atoms with Crippen LogP contribution in [0.4, 0.5) is 0 Å². The standard InChI is InChI=1S/C25H31N3O4/c1-31-22-9-8-18(14-23(22)32-2)10-13-27-17-20(15-24(27)29)25(30)28-12-4-3-7-21(28)19-6-5-11-26-16-19/h5-6,8-9,11,14,16,20-21H,3-4,7,10,12-13,15,17H2,1-2H3/t20-,21+/m0/s1. The highest BCUT2D eigenvalue weighted by Crippen LogP contribution is 2.33. The number of amides is 2. The summed E-state index contributed by atoms with van der Waals surface area (Å²) >= 11 is 0. The molecular formula is C25H31N3O4. The molecule has 0 N–H and O–H groups in total. The largest absolute Gasteiger partial charge is 0.493 e. The normalized spacial score (nSPS) is 21.0. The smallest absolute Gasteiger partial charge is 0.228 e. The summed E-state index contributed by atoms with van der Waals surface area (Å²) in [6, 6.07) is 9.81. The summed E-state index contributed by atoms with van der Waals surface area (Å²) in [6.45, 7) is 1.82. The minimum atomic E-state index is -0.273. The Kier molecular flexibility index (Phi) is 6.93. The van der Waals surface area contributed by atoms with Crippen molar-refractivity contribution in [2.75, 3.05) is 33.9 Å². The second kappa shape index (κ2) is 10.0. The molecule has 1 aromatic carbocycles. The molecule has 7 nitrogen and oxygen atoms in total. The highest BCUT2D eigenvalue weighted by Gasteiger charge is 2.39. The predicted octanol–water partition coefficient (Wildman–Crippen LogP) is 3.24. The predicted molar refractivity (Wildman–Crippen MR) is 120 cm³/mol. The fraction of sp³-hybridized carbons (Fsp3) is 0.480. The van der Waals surface area contributed by atoms with E-state index in [2.05, 4.69) is 4.98 Å². The molecule has 0 saturated carbocycles. The fourth-order valence-electron chi connectivity index (χ4n) is 4.80. The van der Waals surface area contributed by atoms with Crippen LogP contribution in [0.1, 0.15) is 42.9 Å². The van der Waals surface area contributed by atoms with Crippen LogP contribution in [0.25, 0.3) is 0 Å². The molecule has 7 heteroatoms. The number of rotatable bonds is 7. The lowest BCUT2D eigenvalue weighted by Gasteiger charge is -2.37. The van der Waals surface area contributed by atoms with Gasteiger partial charge >= 0.3 is 0 Å². The van der Waals surface area contributed by atoms with Crippen molar-refractivity contribution >= 4 is 11.8 Å². The van der Waals surface area contributed by atoms with Crippen molar-refractivity contribution < 1.29 is 19.1 Å². The number of ether oxygens (including phenoxy) is 2. The summed E-state index contributed by atoms with van der Waals surface area (Å²) < 4.78 is 10.7. The quantitative estimate of drug-likeness (QED) is 0.665. The minimum absolute atomic E-state index is 0.0544. The molecule has 2 fully saturated rings. The van der Waals surface area contributed by atoms with Crippen LogP contribution in [0.3, 0.4) is 0 Å². The van der Waals surface area contributed by atoms with Gasteiger partial charge in [-0.05, 0) is 55.0 Å². The Labute approximate surface area is 189 Å². The first-order valence-corrected chi connectivity index (χ1v) is 11.3. The van der Waals surface area contributed by atoms with E-state index in [1.165, 1.54) is 0 Å². The molecule has 0 unspecified atom stereocenters. The molecule has 0 aliphatic carbocycles. The van der Waals surface area contributed by atoms with E-state index in [0.29, 0.717) is 37.4 Å². The molecule has 0 bridgehead atoms. The SMILES string of the molecule is COc1ccc(CCN2C[C@@H](C(=O)N3CCCC[C@@H]3c3cccnc3)CC2=O)cc1OC. The maximum absolute atomic E-state index is 13.4. The van der Waals surface area contributed by atoms with E-state index in [0.717, 1.165) is 36.9 Å². The Morgan fingerprint density at radius 3 is 2.75 bits per heavy atom. The third-order valence-corrected chi connectivity index (χ3v) is 6.54. The molecule has 0 spiro atoms. The van der Waals surface area contributed by atoms with Gasteiger partial charge in [0, 0.05) is 38.4 Å². The van der Waals surface area contributed by atoms with Gasteiger partial charge in [-0.15, -0.1) is 0 Å². The van der Waals surface area contributed by atoms with Gasteiger partial charge in [-0.2, -0.15) is 0 Å². The molecular weight excluding hydrogens is 406 g/mol. The number of hydrogen-bond donors (Lipinski definition) is 0. The number of benzene rings is 1. The van der Waals surface area contributed by atoms with Crippen LogP contribution in [-0.2, 0) is 16.0 Å². The van der Waals surface area contributed by atoms with Crippen molar-refractivity contribution in [3.8, 4) is 11.5 Å². The van der Waals surface area contributed by atoms with Crippen molar-refractivity contribution in [1.29, 1.82) is 0 Å². The lowest BCUT2D eigenvalue weighted by atomic mass is 9.94. The average molecular weight is 438 g/mol. The molecule has 2 saturated heterocycles. The number of carbonyl (C=O) groups is 2. The Hall–Kier alpha value is -3.09. The van der Waals surface area contributed by atoms with E-state index in [9.17, 15) is 9.59 Å². The molecule has 32 heavy (non-hydrogen) atoms. The minimum Gasteiger partial charge on any atom is -0.493 e. The first kappa shape index (κ1) is 22.1. The zero-order chi connectivity index (χ0) is 22.5. The van der Waals surface area contributed by atoms with E-state index < -0.39 is 0 Å². The number of aromatic nitrogens is 1. The van der Waals surface area contributed by atoms with Gasteiger partial charge < -0.3 is 19.3 Å². The van der Waals surface area contributed by atoms with Crippen LogP contribution in [0, 0.1) is 5.92 Å². The summed E-state index contributed by atoms with van der Waals surface area (Å²) in [5.41, 5.74) is 2.15. The third-order valence-electron chi connectivity index (χ3n) is 6.54. The first-order chi connectivity index (χ1) is 15.6. The van der Waals surface area contributed by atoms with Gasteiger partial charge in [-0.1, -0.05) is 12.1 Å². The van der Waals surface area contributed by atoms with E-state index in [-0.39, 0.29) is 23.8 Å². The zero-order valence-electron chi connectivity index (χ0n) is 18.8. The van der Waals surface area contributed by atoms with Crippen LogP contribution in [-0.4, -0.2) is 60.5 Å². The molecule has 2 amide bonds. The van der Waals surface area contributed by atoms with Crippen molar-refractivity contribution in [1.82, 2.24) is 14.8 Å². The Balaban J connectivity index is 1.39. The topological polar surface area (TPSA) is 72.0 Å². The maximum atomic E-state index is 13.4. The Morgan fingerprint density at radius 1 is 1.16 bits per heavy atom. The van der Waals surface area contributed by atoms with Crippen LogP contribution in [0.15, 0.2) is 42.7 Å². The average Bonchev–Trinajstić information content (AvgIpc) is 3.23. The van der Waals surface area contributed by atoms with Gasteiger partial charge in [0.1, 0.15) is 0 Å². The molecule has 1 aromatic heterocycles. The number of hydrogen-bond acceptors (Lipinski definition) is 5. The highest BCUT2D eigenvalue weighted by atomic mass is 16.5. The molecule has 2 aliphatic heterocycles. The number of nitrogens with zero attached hydrogens (tertiary/aromatic N) is 3. The van der Waals surface area contributed by atoms with Crippen molar-refractivity contribution in [2.24, 2.45) is 5.92 Å². The summed E-state index contributed by atoms with van der Waals surface area (Å²) in [7, 11) is 3.22. The van der Waals surface area contributed by atoms with E-state index in [1.807, 2.05) is 46.3 Å². The van der Waals surface area contributed by atoms with Crippen molar-refractivity contribution in [2.45, 2.75) is 38.1 Å². The van der Waals surface area contributed by atoms with Gasteiger partial charge in [0.05, 0.1) is 26.2 Å². The highest BCUT2D eigenvalue weighted by molar-refractivity contribution is 5.89. The summed E-state index contributed by atoms with van der Waals surface area (Å²) in [5, 5.41) is 0. The van der Waals surface area contributed by atoms with Gasteiger partial charge in [-0.3, -0.25) is 14.6 Å². The number of likely N-dealkylation sites (tertiary alicyclic amines) is 2. The monoisotopic (exact) mass is 437 g/mol. The summed E-state index contributed by atoms with van der Waals surface area (Å²) in [4.78, 5) is 34.1. The Bertz CT molecular complexity index is 949. The first-order valence-electron chi connectivity index (χ1n) is 11.3. The van der Waals surface area contributed by atoms with Crippen molar-refractivity contribution in [3.05, 3.63) is 53.9 Å². The molecule has 2 aliphatic rings. The summed E-state index contributed by atoms with van der Waals surface area (Å²) in [5.74, 6) is 1.24. The summed E-state index contributed by atoms with van der Waals surface area (Å²) in [6.07, 6.45) is 7.66. The lowest BCUT2D eigenvalue weighted by Crippen LogP contribution is -2.42. The van der Waals surface area contributed by atoms with Crippen LogP contribution >= 0.6 is 0 Å². The zero-order valence-corrected chi connectivity index (χ0v) is 18.8. The number of piperidine rings is 1. The third kappa shape index (κ3) is 4.71. The second-order valence-electron chi connectivity index (χ2n) is 8.51.